The van der Waals surface area contributed by atoms with Crippen molar-refractivity contribution >= 4 is 17.5 Å². The summed E-state index contributed by atoms with van der Waals surface area (Å²) in [5.74, 6) is -0.187. The van der Waals surface area contributed by atoms with Gasteiger partial charge in [-0.3, -0.25) is 9.59 Å². The molecule has 1 fully saturated rings. The van der Waals surface area contributed by atoms with E-state index in [9.17, 15) is 9.59 Å². The molecule has 5 heteroatoms. The van der Waals surface area contributed by atoms with Crippen LogP contribution in [0.3, 0.4) is 0 Å². The number of hydrogen-bond acceptors (Lipinski definition) is 3. The summed E-state index contributed by atoms with van der Waals surface area (Å²) in [6, 6.07) is 17.2. The van der Waals surface area contributed by atoms with Crippen LogP contribution in [0.5, 0.6) is 0 Å². The van der Waals surface area contributed by atoms with Gasteiger partial charge >= 0.3 is 0 Å². The summed E-state index contributed by atoms with van der Waals surface area (Å²) in [5, 5.41) is 5.77. The number of amides is 2. The third-order valence-corrected chi connectivity index (χ3v) is 4.63. The first-order valence-corrected chi connectivity index (χ1v) is 9.54. The van der Waals surface area contributed by atoms with Crippen LogP contribution in [0.15, 0.2) is 54.6 Å². The molecule has 1 saturated heterocycles. The van der Waals surface area contributed by atoms with Gasteiger partial charge in [0, 0.05) is 30.8 Å². The van der Waals surface area contributed by atoms with E-state index in [-0.39, 0.29) is 17.9 Å². The maximum absolute atomic E-state index is 12.3. The lowest BCUT2D eigenvalue weighted by atomic mass is 10.1. The van der Waals surface area contributed by atoms with Gasteiger partial charge in [0.05, 0.1) is 6.10 Å². The number of rotatable bonds is 8. The van der Waals surface area contributed by atoms with Crippen molar-refractivity contribution in [3.05, 3.63) is 65.7 Å². The molecule has 1 unspecified atom stereocenters. The van der Waals surface area contributed by atoms with Gasteiger partial charge in [0.1, 0.15) is 0 Å². The van der Waals surface area contributed by atoms with Gasteiger partial charge in [-0.2, -0.15) is 0 Å². The molecule has 27 heavy (non-hydrogen) atoms. The van der Waals surface area contributed by atoms with Gasteiger partial charge < -0.3 is 15.4 Å². The van der Waals surface area contributed by atoms with Crippen LogP contribution in [0, 0.1) is 0 Å². The fraction of sp³-hybridized carbons (Fsp3) is 0.364. The minimum Gasteiger partial charge on any atom is -0.376 e. The molecular weight excluding hydrogens is 340 g/mol. The molecule has 142 valence electrons. The highest BCUT2D eigenvalue weighted by atomic mass is 16.5. The minimum atomic E-state index is -0.148. The molecule has 0 radical (unpaired) electrons. The zero-order valence-corrected chi connectivity index (χ0v) is 15.4. The van der Waals surface area contributed by atoms with Crippen LogP contribution in [0.2, 0.25) is 0 Å². The zero-order chi connectivity index (χ0) is 18.9. The minimum absolute atomic E-state index is 0.0390. The Balaban J connectivity index is 1.44. The Labute approximate surface area is 160 Å². The number of anilines is 1. The second kappa shape index (κ2) is 9.88. The van der Waals surface area contributed by atoms with Crippen LogP contribution in [-0.2, 0) is 16.0 Å². The van der Waals surface area contributed by atoms with Gasteiger partial charge in [0.25, 0.3) is 5.91 Å². The molecule has 1 heterocycles. The molecule has 5 nitrogen and oxygen atoms in total. The second-order valence-corrected chi connectivity index (χ2v) is 6.81. The van der Waals surface area contributed by atoms with E-state index in [0.29, 0.717) is 24.2 Å². The number of hydrogen-bond donors (Lipinski definition) is 2. The van der Waals surface area contributed by atoms with Crippen LogP contribution in [0.4, 0.5) is 5.69 Å². The lowest BCUT2D eigenvalue weighted by Gasteiger charge is -2.11. The fourth-order valence-corrected chi connectivity index (χ4v) is 3.17. The fourth-order valence-electron chi connectivity index (χ4n) is 3.17. The van der Waals surface area contributed by atoms with E-state index in [1.165, 1.54) is 5.56 Å². The summed E-state index contributed by atoms with van der Waals surface area (Å²) in [4.78, 5) is 24.4. The third kappa shape index (κ3) is 6.22. The van der Waals surface area contributed by atoms with Crippen molar-refractivity contribution in [1.29, 1.82) is 0 Å². The molecule has 1 aliphatic heterocycles. The molecule has 1 atom stereocenters. The van der Waals surface area contributed by atoms with E-state index in [1.807, 2.05) is 18.2 Å². The molecule has 0 aliphatic carbocycles. The van der Waals surface area contributed by atoms with Crippen LogP contribution in [0.25, 0.3) is 0 Å². The highest BCUT2D eigenvalue weighted by Crippen LogP contribution is 2.14. The van der Waals surface area contributed by atoms with Crippen molar-refractivity contribution < 1.29 is 14.3 Å². The van der Waals surface area contributed by atoms with Crippen molar-refractivity contribution in [2.75, 3.05) is 18.5 Å². The van der Waals surface area contributed by atoms with E-state index in [4.69, 9.17) is 4.74 Å². The van der Waals surface area contributed by atoms with Crippen molar-refractivity contribution in [2.24, 2.45) is 0 Å². The first kappa shape index (κ1) is 19.1. The molecule has 0 saturated carbocycles. The van der Waals surface area contributed by atoms with E-state index in [1.54, 1.807) is 24.3 Å². The Bertz CT molecular complexity index is 755. The predicted octanol–water partition coefficient (Wildman–Crippen LogP) is 3.56. The molecular formula is C22H26N2O3. The SMILES string of the molecule is O=C(CCCc1ccccc1)Nc1cccc(C(=O)NCC2CCCO2)c1. The average Bonchev–Trinajstić information content (AvgIpc) is 3.21. The van der Waals surface area contributed by atoms with Crippen molar-refractivity contribution in [1.82, 2.24) is 5.32 Å². The molecule has 2 aromatic carbocycles. The zero-order valence-electron chi connectivity index (χ0n) is 15.4. The lowest BCUT2D eigenvalue weighted by Crippen LogP contribution is -2.31. The van der Waals surface area contributed by atoms with Crippen LogP contribution >= 0.6 is 0 Å². The Morgan fingerprint density at radius 3 is 2.70 bits per heavy atom. The third-order valence-electron chi connectivity index (χ3n) is 4.63. The summed E-state index contributed by atoms with van der Waals surface area (Å²) in [6.45, 7) is 1.29. The van der Waals surface area contributed by atoms with Gasteiger partial charge in [-0.1, -0.05) is 36.4 Å². The van der Waals surface area contributed by atoms with Crippen LogP contribution in [-0.4, -0.2) is 31.1 Å². The monoisotopic (exact) mass is 366 g/mol. The Hall–Kier alpha value is -2.66. The summed E-state index contributed by atoms with van der Waals surface area (Å²) in [6.07, 6.45) is 4.26. The molecule has 2 aromatic rings. The number of ether oxygens (including phenoxy) is 1. The van der Waals surface area contributed by atoms with E-state index in [0.717, 1.165) is 32.3 Å². The molecule has 1 aliphatic rings. The topological polar surface area (TPSA) is 67.4 Å². The Kier molecular flexibility index (Phi) is 6.99. The normalized spacial score (nSPS) is 16.1. The van der Waals surface area contributed by atoms with Gasteiger partial charge in [-0.25, -0.2) is 0 Å². The maximum atomic E-state index is 12.3. The highest BCUT2D eigenvalue weighted by molar-refractivity contribution is 5.97. The average molecular weight is 366 g/mol. The van der Waals surface area contributed by atoms with Gasteiger partial charge in [-0.15, -0.1) is 0 Å². The van der Waals surface area contributed by atoms with Crippen molar-refractivity contribution in [3.63, 3.8) is 0 Å². The van der Waals surface area contributed by atoms with Crippen molar-refractivity contribution in [3.8, 4) is 0 Å². The molecule has 2 amide bonds. The highest BCUT2D eigenvalue weighted by Gasteiger charge is 2.16. The molecule has 0 aromatic heterocycles. The first-order valence-electron chi connectivity index (χ1n) is 9.54. The van der Waals surface area contributed by atoms with E-state index < -0.39 is 0 Å². The van der Waals surface area contributed by atoms with E-state index >= 15 is 0 Å². The van der Waals surface area contributed by atoms with E-state index in [2.05, 4.69) is 22.8 Å². The quantitative estimate of drug-likeness (QED) is 0.751. The van der Waals surface area contributed by atoms with Gasteiger partial charge in [-0.05, 0) is 49.4 Å². The summed E-state index contributed by atoms with van der Waals surface area (Å²) < 4.78 is 5.51. The molecule has 3 rings (SSSR count). The van der Waals surface area contributed by atoms with Crippen LogP contribution < -0.4 is 10.6 Å². The molecule has 2 N–H and O–H groups in total. The smallest absolute Gasteiger partial charge is 0.251 e. The predicted molar refractivity (Wildman–Crippen MR) is 106 cm³/mol. The summed E-state index contributed by atoms with van der Waals surface area (Å²) in [5.41, 5.74) is 2.41. The molecule has 0 bridgehead atoms. The van der Waals surface area contributed by atoms with Gasteiger partial charge in [0.15, 0.2) is 0 Å². The number of nitrogens with one attached hydrogen (secondary N) is 2. The summed E-state index contributed by atoms with van der Waals surface area (Å²) in [7, 11) is 0. The number of carbonyl (C=O) groups excluding carboxylic acids is 2. The maximum Gasteiger partial charge on any atom is 0.251 e. The largest absolute Gasteiger partial charge is 0.376 e. The summed E-state index contributed by atoms with van der Waals surface area (Å²) >= 11 is 0. The van der Waals surface area contributed by atoms with Gasteiger partial charge in [0.2, 0.25) is 5.91 Å². The second-order valence-electron chi connectivity index (χ2n) is 6.81. The Morgan fingerprint density at radius 2 is 1.93 bits per heavy atom. The number of aryl methyl sites for hydroxylation is 1. The first-order chi connectivity index (χ1) is 13.2. The molecule has 0 spiro atoms. The van der Waals surface area contributed by atoms with Crippen molar-refractivity contribution in [2.45, 2.75) is 38.2 Å². The Morgan fingerprint density at radius 1 is 1.07 bits per heavy atom. The standard InChI is InChI=1S/C22H26N2O3/c25-21(13-4-9-17-7-2-1-3-8-17)24-19-11-5-10-18(15-19)22(26)23-16-20-12-6-14-27-20/h1-3,5,7-8,10-11,15,20H,4,6,9,12-14,16H2,(H,23,26)(H,24,25). The number of benzene rings is 2. The number of carbonyl (C=O) groups is 2. The lowest BCUT2D eigenvalue weighted by molar-refractivity contribution is -0.116. The van der Waals surface area contributed by atoms with Crippen LogP contribution in [0.1, 0.15) is 41.6 Å².